The van der Waals surface area contributed by atoms with Gasteiger partial charge in [0, 0.05) is 49.2 Å². The van der Waals surface area contributed by atoms with E-state index in [1.165, 1.54) is 13.2 Å². The Balaban J connectivity index is 1.26. The summed E-state index contributed by atoms with van der Waals surface area (Å²) in [6.07, 6.45) is 6.24. The van der Waals surface area contributed by atoms with E-state index in [1.54, 1.807) is 6.07 Å². The van der Waals surface area contributed by atoms with Crippen molar-refractivity contribution in [3.63, 3.8) is 0 Å². The number of benzene rings is 2. The fourth-order valence-corrected chi connectivity index (χ4v) is 6.08. The first-order valence-electron chi connectivity index (χ1n) is 15.0. The second-order valence-electron chi connectivity index (χ2n) is 11.8. The van der Waals surface area contributed by atoms with E-state index in [4.69, 9.17) is 23.7 Å². The molecule has 2 atom stereocenters. The smallest absolute Gasteiger partial charge is 0.306 e. The molecule has 2 aromatic rings. The molecule has 1 N–H and O–H groups in total. The number of fused-ring (bicyclic) bond motifs is 1. The molecule has 8 heteroatoms. The Kier molecular flexibility index (Phi) is 9.57. The van der Waals surface area contributed by atoms with Gasteiger partial charge in [-0.1, -0.05) is 18.7 Å². The Morgan fingerprint density at radius 3 is 2.58 bits per heavy atom. The van der Waals surface area contributed by atoms with Gasteiger partial charge in [0.25, 0.3) is 0 Å². The molecule has 2 aliphatic heterocycles. The molecule has 2 aromatic carbocycles. The Hall–Kier alpha value is -3.62. The number of esters is 1. The molecule has 7 nitrogen and oxygen atoms in total. The molecule has 1 aliphatic carbocycles. The van der Waals surface area contributed by atoms with E-state index < -0.39 is 17.5 Å². The quantitative estimate of drug-likeness (QED) is 0.342. The van der Waals surface area contributed by atoms with Gasteiger partial charge in [0.2, 0.25) is 0 Å². The largest absolute Gasteiger partial charge is 0.492 e. The van der Waals surface area contributed by atoms with Crippen molar-refractivity contribution in [1.82, 2.24) is 0 Å². The van der Waals surface area contributed by atoms with Gasteiger partial charge in [0.05, 0.1) is 20.1 Å². The second-order valence-corrected chi connectivity index (χ2v) is 11.8. The van der Waals surface area contributed by atoms with Gasteiger partial charge >= 0.3 is 5.97 Å². The molecular weight excluding hydrogens is 551 g/mol. The molecule has 1 fully saturated rings. The fraction of sp³-hybridized carbons (Fsp3) is 0.457. The number of halogens is 1. The Bertz CT molecular complexity index is 1400. The third-order valence-corrected chi connectivity index (χ3v) is 8.58. The fourth-order valence-electron chi connectivity index (χ4n) is 6.08. The van der Waals surface area contributed by atoms with Crippen molar-refractivity contribution in [3.05, 3.63) is 82.7 Å². The number of allylic oxidation sites excluding steroid dienone is 3. The number of carbonyl (C=O) groups excluding carboxylic acids is 1. The topological polar surface area (TPSA) is 83.5 Å². The van der Waals surface area contributed by atoms with E-state index in [2.05, 4.69) is 6.58 Å². The van der Waals surface area contributed by atoms with Crippen LogP contribution >= 0.6 is 0 Å². The van der Waals surface area contributed by atoms with Crippen LogP contribution in [0.4, 0.5) is 4.39 Å². The number of aryl methyl sites for hydroxylation is 2. The number of aliphatic hydroxyl groups is 1. The van der Waals surface area contributed by atoms with Crippen LogP contribution < -0.4 is 14.2 Å². The van der Waals surface area contributed by atoms with E-state index in [-0.39, 0.29) is 24.9 Å². The molecule has 0 unspecified atom stereocenters. The van der Waals surface area contributed by atoms with E-state index in [0.717, 1.165) is 40.7 Å². The zero-order valence-corrected chi connectivity index (χ0v) is 25.2. The first-order valence-corrected chi connectivity index (χ1v) is 15.0. The number of hydrogen-bond donors (Lipinski definition) is 1. The van der Waals surface area contributed by atoms with Crippen molar-refractivity contribution in [2.24, 2.45) is 0 Å². The minimum atomic E-state index is -0.873. The van der Waals surface area contributed by atoms with Gasteiger partial charge in [-0.15, -0.1) is 0 Å². The van der Waals surface area contributed by atoms with Gasteiger partial charge in [-0.05, 0) is 79.6 Å². The van der Waals surface area contributed by atoms with Crippen molar-refractivity contribution in [2.75, 3.05) is 33.5 Å². The molecule has 3 aliphatic rings. The van der Waals surface area contributed by atoms with Crippen molar-refractivity contribution in [3.8, 4) is 17.2 Å². The lowest BCUT2D eigenvalue weighted by Gasteiger charge is -2.31. The zero-order chi connectivity index (χ0) is 30.6. The minimum absolute atomic E-state index is 0.0629. The number of carbonyl (C=O) groups is 1. The van der Waals surface area contributed by atoms with Gasteiger partial charge in [0.15, 0.2) is 0 Å². The second kappa shape index (κ2) is 13.3. The molecule has 43 heavy (non-hydrogen) atoms. The average molecular weight is 593 g/mol. The molecule has 1 saturated heterocycles. The molecule has 0 radical (unpaired) electrons. The first kappa shape index (κ1) is 30.8. The molecule has 0 aromatic heterocycles. The number of hydrogen-bond acceptors (Lipinski definition) is 7. The van der Waals surface area contributed by atoms with Crippen LogP contribution in [0, 0.1) is 13.8 Å². The van der Waals surface area contributed by atoms with Gasteiger partial charge in [0.1, 0.15) is 41.4 Å². The summed E-state index contributed by atoms with van der Waals surface area (Å²) in [7, 11) is 1.38. The van der Waals surface area contributed by atoms with E-state index >= 15 is 4.39 Å². The van der Waals surface area contributed by atoms with Gasteiger partial charge in [-0.25, -0.2) is 4.39 Å². The van der Waals surface area contributed by atoms with Gasteiger partial charge in [-0.2, -0.15) is 0 Å². The molecule has 0 amide bonds. The van der Waals surface area contributed by atoms with E-state index in [0.29, 0.717) is 61.9 Å². The number of ether oxygens (including phenoxy) is 5. The predicted octanol–water partition coefficient (Wildman–Crippen LogP) is 6.69. The van der Waals surface area contributed by atoms with Crippen LogP contribution in [0.2, 0.25) is 0 Å². The van der Waals surface area contributed by atoms with Gasteiger partial charge < -0.3 is 28.8 Å². The Morgan fingerprint density at radius 1 is 1.12 bits per heavy atom. The molecule has 0 spiro atoms. The lowest BCUT2D eigenvalue weighted by Crippen LogP contribution is -2.41. The lowest BCUT2D eigenvalue weighted by atomic mass is 9.91. The molecule has 0 bridgehead atoms. The maximum absolute atomic E-state index is 15.4. The molecular formula is C35H41FO7. The summed E-state index contributed by atoms with van der Waals surface area (Å²) in [5.41, 5.74) is 4.53. The van der Waals surface area contributed by atoms with Crippen LogP contribution in [0.1, 0.15) is 66.7 Å². The summed E-state index contributed by atoms with van der Waals surface area (Å²) in [5.74, 6) is 1.18. The highest BCUT2D eigenvalue weighted by molar-refractivity contribution is 5.73. The summed E-state index contributed by atoms with van der Waals surface area (Å²) in [4.78, 5) is 11.7. The Labute approximate surface area is 252 Å². The maximum atomic E-state index is 15.4. The zero-order valence-electron chi connectivity index (χ0n) is 25.2. The summed E-state index contributed by atoms with van der Waals surface area (Å²) in [5, 5.41) is 10.8. The van der Waals surface area contributed by atoms with Crippen LogP contribution in [-0.2, 0) is 14.3 Å². The Morgan fingerprint density at radius 2 is 1.86 bits per heavy atom. The normalized spacial score (nSPS) is 24.2. The minimum Gasteiger partial charge on any atom is -0.492 e. The summed E-state index contributed by atoms with van der Waals surface area (Å²) >= 11 is 0. The number of methoxy groups -OCH3 is 1. The summed E-state index contributed by atoms with van der Waals surface area (Å²) in [6, 6.07) is 9.50. The molecule has 5 rings (SSSR count). The predicted molar refractivity (Wildman–Crippen MR) is 162 cm³/mol. The highest BCUT2D eigenvalue weighted by Gasteiger charge is 2.31. The van der Waals surface area contributed by atoms with Gasteiger partial charge in [-0.3, -0.25) is 4.79 Å². The van der Waals surface area contributed by atoms with Crippen molar-refractivity contribution >= 4 is 11.5 Å². The van der Waals surface area contributed by atoms with Crippen LogP contribution in [0.5, 0.6) is 17.2 Å². The third-order valence-electron chi connectivity index (χ3n) is 8.58. The van der Waals surface area contributed by atoms with Crippen LogP contribution in [0.3, 0.4) is 0 Å². The number of rotatable bonds is 8. The SMILES string of the molecule is C=C1/C(F)=C\C=C(\c2c(C)cc(OCC3(O)CCOCC3)cc2C)CCC[C@H]1Oc1ccc2c(c1)OC[C@H]2CC(=O)OC. The molecule has 0 saturated carbocycles. The molecule has 2 heterocycles. The highest BCUT2D eigenvalue weighted by Crippen LogP contribution is 2.40. The maximum Gasteiger partial charge on any atom is 0.306 e. The third kappa shape index (κ3) is 7.31. The first-order chi connectivity index (χ1) is 20.7. The van der Waals surface area contributed by atoms with Crippen LogP contribution in [-0.4, -0.2) is 56.3 Å². The average Bonchev–Trinajstić information content (AvgIpc) is 3.40. The van der Waals surface area contributed by atoms with E-state index in [9.17, 15) is 9.90 Å². The van der Waals surface area contributed by atoms with Crippen molar-refractivity contribution in [2.45, 2.75) is 70.0 Å². The lowest BCUT2D eigenvalue weighted by molar-refractivity contribution is -0.141. The standard InChI is InChI=1S/C35H41FO7/c1-22-16-28(42-21-35(38)12-14-40-15-13-35)17-23(2)34(22)25-6-5-7-31(24(3)30(36)11-8-25)43-27-9-10-29-26(18-33(37)39-4)20-41-32(29)19-27/h8-11,16-17,19,26,31,38H,3,5-7,12-15,18,20-21H2,1-2,4H3/b25-8+,30-11+/t26-,31-/m1/s1. The van der Waals surface area contributed by atoms with E-state index in [1.807, 2.05) is 44.2 Å². The van der Waals surface area contributed by atoms with Crippen molar-refractivity contribution in [1.29, 1.82) is 0 Å². The molecule has 230 valence electrons. The van der Waals surface area contributed by atoms with Crippen LogP contribution in [0.25, 0.3) is 5.57 Å². The van der Waals surface area contributed by atoms with Crippen molar-refractivity contribution < 1.29 is 38.0 Å². The van der Waals surface area contributed by atoms with Crippen LogP contribution in [0.15, 0.2) is 60.5 Å². The summed E-state index contributed by atoms with van der Waals surface area (Å²) in [6.45, 7) is 9.78. The summed E-state index contributed by atoms with van der Waals surface area (Å²) < 4.78 is 43.6. The monoisotopic (exact) mass is 592 g/mol. The highest BCUT2D eigenvalue weighted by atomic mass is 19.1.